The Kier molecular flexibility index (Phi) is 5.85. The molecule has 2 aromatic carbocycles. The number of nitrogens with one attached hydrogen (secondary N) is 1. The normalized spacial score (nSPS) is 11.1. The van der Waals surface area contributed by atoms with Crippen molar-refractivity contribution in [2.24, 2.45) is 0 Å². The lowest BCUT2D eigenvalue weighted by Crippen LogP contribution is -2.19. The molecule has 0 saturated carbocycles. The Hall–Kier alpha value is -1.77. The molecule has 0 saturated heterocycles. The Morgan fingerprint density at radius 2 is 1.38 bits per heavy atom. The van der Waals surface area contributed by atoms with Crippen molar-refractivity contribution in [1.29, 1.82) is 0 Å². The van der Waals surface area contributed by atoms with Crippen LogP contribution in [0.4, 0.5) is 0 Å². The molecule has 112 valence electrons. The van der Waals surface area contributed by atoms with Crippen molar-refractivity contribution in [1.82, 2.24) is 5.09 Å². The summed E-state index contributed by atoms with van der Waals surface area (Å²) in [5.74, 6) is 1.03. The van der Waals surface area contributed by atoms with E-state index in [4.69, 9.17) is 9.05 Å². The molecule has 0 radical (unpaired) electrons. The maximum Gasteiger partial charge on any atom is 0.512 e. The van der Waals surface area contributed by atoms with Crippen molar-refractivity contribution in [3.8, 4) is 11.5 Å². The van der Waals surface area contributed by atoms with Gasteiger partial charge >= 0.3 is 7.75 Å². The topological polar surface area (TPSA) is 47.6 Å². The molecule has 1 N–H and O–H groups in total. The highest BCUT2D eigenvalue weighted by atomic mass is 31.2. The van der Waals surface area contributed by atoms with Gasteiger partial charge < -0.3 is 9.05 Å². The molecule has 0 aromatic heterocycles. The summed E-state index contributed by atoms with van der Waals surface area (Å²) in [6.07, 6.45) is 1.91. The fraction of sp³-hybridized carbons (Fsp3) is 0.250. The number of para-hydroxylation sites is 2. The fourth-order valence-corrected chi connectivity index (χ4v) is 3.11. The molecule has 0 bridgehead atoms. The number of benzene rings is 2. The predicted molar refractivity (Wildman–Crippen MR) is 84.7 cm³/mol. The van der Waals surface area contributed by atoms with E-state index in [1.54, 1.807) is 24.3 Å². The third-order valence-corrected chi connectivity index (χ3v) is 4.29. The Labute approximate surface area is 125 Å². The molecule has 0 aliphatic rings. The van der Waals surface area contributed by atoms with Crippen molar-refractivity contribution < 1.29 is 13.6 Å². The van der Waals surface area contributed by atoms with Gasteiger partial charge in [-0.05, 0) is 30.7 Å². The van der Waals surface area contributed by atoms with Gasteiger partial charge in [0.25, 0.3) is 0 Å². The molecule has 5 heteroatoms. The lowest BCUT2D eigenvalue weighted by Gasteiger charge is -2.20. The van der Waals surface area contributed by atoms with Crippen molar-refractivity contribution in [3.05, 3.63) is 60.7 Å². The predicted octanol–water partition coefficient (Wildman–Crippen LogP) is 4.64. The summed E-state index contributed by atoms with van der Waals surface area (Å²) in [6, 6.07) is 18.1. The van der Waals surface area contributed by atoms with Crippen LogP contribution in [-0.4, -0.2) is 6.54 Å². The van der Waals surface area contributed by atoms with Gasteiger partial charge in [0, 0.05) is 6.54 Å². The van der Waals surface area contributed by atoms with Gasteiger partial charge in [-0.1, -0.05) is 49.7 Å². The van der Waals surface area contributed by atoms with Crippen molar-refractivity contribution in [2.45, 2.75) is 19.8 Å². The number of hydrogen-bond donors (Lipinski definition) is 1. The minimum Gasteiger partial charge on any atom is -0.405 e. The number of unbranched alkanes of at least 4 members (excludes halogenated alkanes) is 1. The van der Waals surface area contributed by atoms with Gasteiger partial charge in [0.05, 0.1) is 0 Å². The zero-order chi connectivity index (χ0) is 15.0. The quantitative estimate of drug-likeness (QED) is 0.570. The van der Waals surface area contributed by atoms with Gasteiger partial charge in [0.2, 0.25) is 0 Å². The van der Waals surface area contributed by atoms with Gasteiger partial charge in [0.1, 0.15) is 11.5 Å². The van der Waals surface area contributed by atoms with Gasteiger partial charge in [0.15, 0.2) is 0 Å². The zero-order valence-corrected chi connectivity index (χ0v) is 13.0. The average molecular weight is 305 g/mol. The first-order valence-corrected chi connectivity index (χ1v) is 8.60. The first kappa shape index (κ1) is 15.6. The number of rotatable bonds is 8. The molecular formula is C16H20NO3P. The summed E-state index contributed by atoms with van der Waals surface area (Å²) in [7, 11) is -3.44. The van der Waals surface area contributed by atoms with Gasteiger partial charge in [-0.25, -0.2) is 9.65 Å². The highest BCUT2D eigenvalue weighted by Crippen LogP contribution is 2.44. The zero-order valence-electron chi connectivity index (χ0n) is 12.1. The number of hydrogen-bond acceptors (Lipinski definition) is 3. The lowest BCUT2D eigenvalue weighted by atomic mass is 10.3. The molecule has 2 rings (SSSR count). The lowest BCUT2D eigenvalue weighted by molar-refractivity contribution is 0.370. The van der Waals surface area contributed by atoms with Crippen LogP contribution in [0.3, 0.4) is 0 Å². The summed E-state index contributed by atoms with van der Waals surface area (Å²) in [5.41, 5.74) is 0. The van der Waals surface area contributed by atoms with E-state index in [2.05, 4.69) is 12.0 Å². The van der Waals surface area contributed by atoms with Crippen LogP contribution in [0.1, 0.15) is 19.8 Å². The van der Waals surface area contributed by atoms with Crippen molar-refractivity contribution >= 4 is 7.75 Å². The second-order valence-corrected chi connectivity index (χ2v) is 6.24. The van der Waals surface area contributed by atoms with E-state index in [-0.39, 0.29) is 0 Å². The van der Waals surface area contributed by atoms with Crippen LogP contribution in [0, 0.1) is 0 Å². The Balaban J connectivity index is 2.11. The molecule has 0 fully saturated rings. The van der Waals surface area contributed by atoms with E-state index >= 15 is 0 Å². The van der Waals surface area contributed by atoms with E-state index in [0.29, 0.717) is 18.0 Å². The molecule has 21 heavy (non-hydrogen) atoms. The molecule has 0 aliphatic carbocycles. The minimum absolute atomic E-state index is 0.515. The van der Waals surface area contributed by atoms with Crippen molar-refractivity contribution in [2.75, 3.05) is 6.54 Å². The summed E-state index contributed by atoms with van der Waals surface area (Å²) < 4.78 is 24.0. The van der Waals surface area contributed by atoms with Crippen LogP contribution < -0.4 is 14.1 Å². The molecule has 0 atom stereocenters. The standard InChI is InChI=1S/C16H20NO3P/c1-2-3-14-17-21(18,19-15-10-6-4-7-11-15)20-16-12-8-5-9-13-16/h4-13H,2-3,14H2,1H3,(H,17,18). The summed E-state index contributed by atoms with van der Waals surface area (Å²) in [6.45, 7) is 2.65. The van der Waals surface area contributed by atoms with Crippen LogP contribution >= 0.6 is 7.75 Å². The third-order valence-electron chi connectivity index (χ3n) is 2.77. The largest absolute Gasteiger partial charge is 0.512 e. The second kappa shape index (κ2) is 7.87. The van der Waals surface area contributed by atoms with E-state index in [1.165, 1.54) is 0 Å². The van der Waals surface area contributed by atoms with Crippen LogP contribution in [-0.2, 0) is 4.57 Å². The molecule has 2 aromatic rings. The first-order valence-electron chi connectivity index (χ1n) is 7.06. The fourth-order valence-electron chi connectivity index (χ4n) is 1.72. The van der Waals surface area contributed by atoms with Crippen LogP contribution in [0.15, 0.2) is 60.7 Å². The third kappa shape index (κ3) is 5.25. The molecule has 0 spiro atoms. The van der Waals surface area contributed by atoms with E-state index in [0.717, 1.165) is 12.8 Å². The summed E-state index contributed by atoms with van der Waals surface area (Å²) in [5, 5.41) is 2.91. The maximum absolute atomic E-state index is 12.9. The smallest absolute Gasteiger partial charge is 0.405 e. The molecule has 0 aliphatic heterocycles. The molecule has 4 nitrogen and oxygen atoms in total. The molecule has 0 unspecified atom stereocenters. The second-order valence-electron chi connectivity index (χ2n) is 4.57. The monoisotopic (exact) mass is 305 g/mol. The Morgan fingerprint density at radius 3 is 1.81 bits per heavy atom. The Morgan fingerprint density at radius 1 is 0.905 bits per heavy atom. The molecular weight excluding hydrogens is 285 g/mol. The van der Waals surface area contributed by atoms with Gasteiger partial charge in [-0.3, -0.25) is 0 Å². The SMILES string of the molecule is CCCCNP(=O)(Oc1ccccc1)Oc1ccccc1. The van der Waals surface area contributed by atoms with E-state index in [1.807, 2.05) is 36.4 Å². The first-order chi connectivity index (χ1) is 10.2. The highest BCUT2D eigenvalue weighted by Gasteiger charge is 2.27. The van der Waals surface area contributed by atoms with Crippen molar-refractivity contribution in [3.63, 3.8) is 0 Å². The summed E-state index contributed by atoms with van der Waals surface area (Å²) in [4.78, 5) is 0. The van der Waals surface area contributed by atoms with E-state index < -0.39 is 7.75 Å². The van der Waals surface area contributed by atoms with Gasteiger partial charge in [-0.15, -0.1) is 0 Å². The van der Waals surface area contributed by atoms with Crippen LogP contribution in [0.25, 0.3) is 0 Å². The van der Waals surface area contributed by atoms with Crippen LogP contribution in [0.2, 0.25) is 0 Å². The maximum atomic E-state index is 12.9. The van der Waals surface area contributed by atoms with E-state index in [9.17, 15) is 4.57 Å². The van der Waals surface area contributed by atoms with Gasteiger partial charge in [-0.2, -0.15) is 0 Å². The summed E-state index contributed by atoms with van der Waals surface area (Å²) >= 11 is 0. The van der Waals surface area contributed by atoms with Crippen LogP contribution in [0.5, 0.6) is 11.5 Å². The average Bonchev–Trinajstić information content (AvgIpc) is 2.49. The minimum atomic E-state index is -3.44. The highest BCUT2D eigenvalue weighted by molar-refractivity contribution is 7.52. The molecule has 0 heterocycles. The Bertz CT molecular complexity index is 529. The molecule has 0 amide bonds.